The van der Waals surface area contributed by atoms with E-state index in [-0.39, 0.29) is 24.4 Å². The average molecular weight is 406 g/mol. The van der Waals surface area contributed by atoms with Crippen LogP contribution in [0.4, 0.5) is 0 Å². The maximum atomic E-state index is 12.2. The molecular formula is C20H20ClNO6. The Bertz CT molecular complexity index is 850. The van der Waals surface area contributed by atoms with Gasteiger partial charge in [0.2, 0.25) is 5.78 Å². The molecule has 8 heteroatoms. The van der Waals surface area contributed by atoms with Crippen molar-refractivity contribution in [3.8, 4) is 11.5 Å². The molecule has 0 bridgehead atoms. The highest BCUT2D eigenvalue weighted by molar-refractivity contribution is 6.30. The highest BCUT2D eigenvalue weighted by atomic mass is 35.5. The van der Waals surface area contributed by atoms with Crippen LogP contribution in [-0.2, 0) is 9.53 Å². The monoisotopic (exact) mass is 405 g/mol. The third kappa shape index (κ3) is 5.99. The normalized spacial score (nSPS) is 10.1. The van der Waals surface area contributed by atoms with Crippen molar-refractivity contribution in [3.63, 3.8) is 0 Å². The molecule has 0 aromatic heterocycles. The number of methoxy groups -OCH3 is 2. The summed E-state index contributed by atoms with van der Waals surface area (Å²) >= 11 is 5.77. The number of Topliss-reactive ketones (excluding diaryl/α,β-unsaturated/α-hetero) is 1. The van der Waals surface area contributed by atoms with Gasteiger partial charge in [-0.1, -0.05) is 11.6 Å². The first-order valence-corrected chi connectivity index (χ1v) is 8.77. The van der Waals surface area contributed by atoms with Gasteiger partial charge in [0.25, 0.3) is 5.91 Å². The molecule has 2 aromatic rings. The Labute approximate surface area is 167 Å². The van der Waals surface area contributed by atoms with Gasteiger partial charge in [-0.25, -0.2) is 0 Å². The van der Waals surface area contributed by atoms with Crippen molar-refractivity contribution >= 4 is 29.3 Å². The second-order valence-corrected chi connectivity index (χ2v) is 6.10. The Morgan fingerprint density at radius 1 is 1.00 bits per heavy atom. The lowest BCUT2D eigenvalue weighted by Crippen LogP contribution is -2.27. The van der Waals surface area contributed by atoms with Crippen LogP contribution in [0.3, 0.4) is 0 Å². The van der Waals surface area contributed by atoms with Crippen LogP contribution in [0.1, 0.15) is 27.1 Å². The Morgan fingerprint density at radius 2 is 1.71 bits per heavy atom. The molecule has 0 spiro atoms. The molecule has 0 aliphatic rings. The first-order valence-electron chi connectivity index (χ1n) is 8.39. The molecule has 0 heterocycles. The fraction of sp³-hybridized carbons (Fsp3) is 0.250. The number of nitrogens with one attached hydrogen (secondary N) is 1. The van der Waals surface area contributed by atoms with Gasteiger partial charge in [0.05, 0.1) is 26.2 Å². The summed E-state index contributed by atoms with van der Waals surface area (Å²) in [6.07, 6.45) is -0.0631. The SMILES string of the molecule is COc1ccc(C(=O)COC(=O)CCNC(=O)c2ccc(Cl)cc2)c(OC)c1. The molecule has 0 aliphatic carbocycles. The summed E-state index contributed by atoms with van der Waals surface area (Å²) in [6, 6.07) is 11.1. The summed E-state index contributed by atoms with van der Waals surface area (Å²) in [4.78, 5) is 36.0. The number of carbonyl (C=O) groups is 3. The van der Waals surface area contributed by atoms with Crippen LogP contribution in [-0.4, -0.2) is 45.0 Å². The number of amides is 1. The number of esters is 1. The van der Waals surface area contributed by atoms with Gasteiger partial charge in [0.15, 0.2) is 6.61 Å². The van der Waals surface area contributed by atoms with Crippen LogP contribution in [0.2, 0.25) is 5.02 Å². The molecule has 7 nitrogen and oxygen atoms in total. The number of carbonyl (C=O) groups excluding carboxylic acids is 3. The highest BCUT2D eigenvalue weighted by Crippen LogP contribution is 2.25. The summed E-state index contributed by atoms with van der Waals surface area (Å²) in [5, 5.41) is 3.12. The minimum absolute atomic E-state index is 0.0631. The summed E-state index contributed by atoms with van der Waals surface area (Å²) < 4.78 is 15.2. The largest absolute Gasteiger partial charge is 0.497 e. The third-order valence-electron chi connectivity index (χ3n) is 3.79. The van der Waals surface area contributed by atoms with Gasteiger partial charge in [-0.15, -0.1) is 0 Å². The quantitative estimate of drug-likeness (QED) is 0.509. The van der Waals surface area contributed by atoms with Crippen molar-refractivity contribution in [2.75, 3.05) is 27.4 Å². The van der Waals surface area contributed by atoms with Crippen LogP contribution in [0.25, 0.3) is 0 Å². The zero-order chi connectivity index (χ0) is 20.5. The first-order chi connectivity index (χ1) is 13.4. The van der Waals surface area contributed by atoms with E-state index in [0.717, 1.165) is 0 Å². The van der Waals surface area contributed by atoms with Crippen molar-refractivity contribution in [3.05, 3.63) is 58.6 Å². The number of ketones is 1. The molecule has 148 valence electrons. The molecule has 28 heavy (non-hydrogen) atoms. The lowest BCUT2D eigenvalue weighted by molar-refractivity contribution is -0.142. The third-order valence-corrected chi connectivity index (χ3v) is 4.05. The van der Waals surface area contributed by atoms with Gasteiger partial charge in [-0.2, -0.15) is 0 Å². The van der Waals surface area contributed by atoms with Crippen LogP contribution < -0.4 is 14.8 Å². The highest BCUT2D eigenvalue weighted by Gasteiger charge is 2.16. The smallest absolute Gasteiger partial charge is 0.308 e. The van der Waals surface area contributed by atoms with Crippen molar-refractivity contribution < 1.29 is 28.6 Å². The summed E-state index contributed by atoms with van der Waals surface area (Å²) in [6.45, 7) is -0.340. The molecule has 2 rings (SSSR count). The molecule has 2 aromatic carbocycles. The summed E-state index contributed by atoms with van der Waals surface area (Å²) in [5.74, 6) is -0.462. The van der Waals surface area contributed by atoms with E-state index < -0.39 is 18.4 Å². The van der Waals surface area contributed by atoms with E-state index in [1.54, 1.807) is 42.5 Å². The fourth-order valence-corrected chi connectivity index (χ4v) is 2.43. The second-order valence-electron chi connectivity index (χ2n) is 5.66. The minimum atomic E-state index is -0.600. The van der Waals surface area contributed by atoms with Crippen LogP contribution in [0.5, 0.6) is 11.5 Å². The van der Waals surface area contributed by atoms with Crippen LogP contribution in [0.15, 0.2) is 42.5 Å². The van der Waals surface area contributed by atoms with E-state index >= 15 is 0 Å². The molecule has 0 saturated carbocycles. The van der Waals surface area contributed by atoms with Crippen molar-refractivity contribution in [1.29, 1.82) is 0 Å². The van der Waals surface area contributed by atoms with Gasteiger partial charge in [-0.05, 0) is 36.4 Å². The Balaban J connectivity index is 1.78. The zero-order valence-corrected chi connectivity index (χ0v) is 16.2. The maximum absolute atomic E-state index is 12.2. The van der Waals surface area contributed by atoms with E-state index in [1.807, 2.05) is 0 Å². The van der Waals surface area contributed by atoms with Gasteiger partial charge in [0, 0.05) is 23.2 Å². The van der Waals surface area contributed by atoms with Gasteiger partial charge in [0.1, 0.15) is 11.5 Å². The van der Waals surface area contributed by atoms with Gasteiger partial charge >= 0.3 is 5.97 Å². The topological polar surface area (TPSA) is 90.9 Å². The van der Waals surface area contributed by atoms with Gasteiger partial charge < -0.3 is 19.5 Å². The molecule has 0 saturated heterocycles. The number of halogens is 1. The second kappa shape index (κ2) is 10.3. The maximum Gasteiger partial charge on any atom is 0.308 e. The Kier molecular flexibility index (Phi) is 7.83. The number of benzene rings is 2. The molecule has 0 fully saturated rings. The number of rotatable bonds is 9. The molecule has 0 atom stereocenters. The van der Waals surface area contributed by atoms with Gasteiger partial charge in [-0.3, -0.25) is 14.4 Å². The first kappa shape index (κ1) is 21.2. The number of ether oxygens (including phenoxy) is 3. The Morgan fingerprint density at radius 3 is 2.36 bits per heavy atom. The Hall–Kier alpha value is -3.06. The predicted molar refractivity (Wildman–Crippen MR) is 103 cm³/mol. The molecule has 0 aliphatic heterocycles. The summed E-state index contributed by atoms with van der Waals surface area (Å²) in [7, 11) is 2.94. The van der Waals surface area contributed by atoms with Crippen molar-refractivity contribution in [1.82, 2.24) is 5.32 Å². The molecular weight excluding hydrogens is 386 g/mol. The predicted octanol–water partition coefficient (Wildman–Crippen LogP) is 2.90. The average Bonchev–Trinajstić information content (AvgIpc) is 2.71. The minimum Gasteiger partial charge on any atom is -0.497 e. The number of hydrogen-bond acceptors (Lipinski definition) is 6. The van der Waals surface area contributed by atoms with Crippen LogP contribution in [0, 0.1) is 0 Å². The van der Waals surface area contributed by atoms with E-state index in [1.165, 1.54) is 14.2 Å². The number of hydrogen-bond donors (Lipinski definition) is 1. The summed E-state index contributed by atoms with van der Waals surface area (Å²) in [5.41, 5.74) is 0.715. The molecule has 1 N–H and O–H groups in total. The van der Waals surface area contributed by atoms with E-state index in [2.05, 4.69) is 5.32 Å². The fourth-order valence-electron chi connectivity index (χ4n) is 2.31. The van der Waals surface area contributed by atoms with Crippen LogP contribution >= 0.6 is 11.6 Å². The van der Waals surface area contributed by atoms with Crippen molar-refractivity contribution in [2.24, 2.45) is 0 Å². The van der Waals surface area contributed by atoms with E-state index in [4.69, 9.17) is 25.8 Å². The van der Waals surface area contributed by atoms with E-state index in [9.17, 15) is 14.4 Å². The molecule has 0 radical (unpaired) electrons. The molecule has 1 amide bonds. The van der Waals surface area contributed by atoms with Crippen molar-refractivity contribution in [2.45, 2.75) is 6.42 Å². The molecule has 0 unspecified atom stereocenters. The standard InChI is InChI=1S/C20H20ClNO6/c1-26-15-7-8-16(18(11-15)27-2)17(23)12-28-19(24)9-10-22-20(25)13-3-5-14(21)6-4-13/h3-8,11H,9-10,12H2,1-2H3,(H,22,25). The lowest BCUT2D eigenvalue weighted by Gasteiger charge is -2.10. The zero-order valence-electron chi connectivity index (χ0n) is 15.5. The van der Waals surface area contributed by atoms with E-state index in [0.29, 0.717) is 22.1 Å². The lowest BCUT2D eigenvalue weighted by atomic mass is 10.1.